The van der Waals surface area contributed by atoms with Crippen LogP contribution in [0.25, 0.3) is 0 Å². The van der Waals surface area contributed by atoms with Crippen LogP contribution in [0.2, 0.25) is 0 Å². The maximum Gasteiger partial charge on any atom is 0.251 e. The van der Waals surface area contributed by atoms with Gasteiger partial charge in [0.2, 0.25) is 5.91 Å². The lowest BCUT2D eigenvalue weighted by Crippen LogP contribution is -2.36. The van der Waals surface area contributed by atoms with Gasteiger partial charge >= 0.3 is 0 Å². The van der Waals surface area contributed by atoms with Crippen LogP contribution in [-0.4, -0.2) is 42.9 Å². The van der Waals surface area contributed by atoms with Crippen LogP contribution < -0.4 is 11.1 Å². The molecule has 1 rings (SSSR count). The molecule has 0 heterocycles. The van der Waals surface area contributed by atoms with Crippen LogP contribution in [0.3, 0.4) is 0 Å². The van der Waals surface area contributed by atoms with Crippen molar-refractivity contribution in [1.29, 1.82) is 0 Å². The third-order valence-electron chi connectivity index (χ3n) is 3.81. The molecule has 0 saturated heterocycles. The van der Waals surface area contributed by atoms with E-state index in [-0.39, 0.29) is 24.3 Å². The zero-order valence-electron chi connectivity index (χ0n) is 14.0. The molecule has 1 unspecified atom stereocenters. The van der Waals surface area contributed by atoms with E-state index in [1.807, 2.05) is 12.1 Å². The van der Waals surface area contributed by atoms with Crippen molar-refractivity contribution in [2.24, 2.45) is 11.7 Å². The summed E-state index contributed by atoms with van der Waals surface area (Å²) in [6, 6.07) is 7.20. The minimum Gasteiger partial charge on any atom is -0.352 e. The summed E-state index contributed by atoms with van der Waals surface area (Å²) in [7, 11) is 1.77. The van der Waals surface area contributed by atoms with Crippen LogP contribution in [0.1, 0.15) is 37.0 Å². The molecular formula is C17H26BrN3O2. The Morgan fingerprint density at radius 2 is 1.87 bits per heavy atom. The second-order valence-corrected chi connectivity index (χ2v) is 6.94. The largest absolute Gasteiger partial charge is 0.352 e. The number of nitrogens with one attached hydrogen (secondary N) is 1. The second-order valence-electron chi connectivity index (χ2n) is 6.02. The second kappa shape index (κ2) is 9.67. The molecule has 0 radical (unpaired) electrons. The first-order valence-electron chi connectivity index (χ1n) is 7.84. The summed E-state index contributed by atoms with van der Waals surface area (Å²) in [5, 5.41) is 2.76. The Hall–Kier alpha value is -1.40. The summed E-state index contributed by atoms with van der Waals surface area (Å²) in [6.45, 7) is 5.11. The highest BCUT2D eigenvalue weighted by Gasteiger charge is 2.13. The molecule has 0 aromatic heterocycles. The highest BCUT2D eigenvalue weighted by atomic mass is 79.9. The van der Waals surface area contributed by atoms with Gasteiger partial charge in [0.1, 0.15) is 0 Å². The summed E-state index contributed by atoms with van der Waals surface area (Å²) >= 11 is 3.33. The Balaban J connectivity index is 2.30. The highest BCUT2D eigenvalue weighted by Crippen LogP contribution is 2.10. The fraction of sp³-hybridized carbons (Fsp3) is 0.529. The van der Waals surface area contributed by atoms with Crippen molar-refractivity contribution >= 4 is 27.7 Å². The number of hydrogen-bond donors (Lipinski definition) is 2. The Labute approximate surface area is 146 Å². The van der Waals surface area contributed by atoms with Crippen LogP contribution >= 0.6 is 15.9 Å². The molecule has 23 heavy (non-hydrogen) atoms. The quantitative estimate of drug-likeness (QED) is 0.723. The number of nitrogens with zero attached hydrogens (tertiary/aromatic N) is 1. The molecule has 2 amide bonds. The van der Waals surface area contributed by atoms with Gasteiger partial charge in [0.05, 0.1) is 0 Å². The Morgan fingerprint density at radius 1 is 1.26 bits per heavy atom. The van der Waals surface area contributed by atoms with Crippen LogP contribution in [0.4, 0.5) is 0 Å². The Morgan fingerprint density at radius 3 is 2.43 bits per heavy atom. The van der Waals surface area contributed by atoms with Crippen molar-refractivity contribution in [3.05, 3.63) is 34.3 Å². The maximum atomic E-state index is 12.0. The topological polar surface area (TPSA) is 75.4 Å². The van der Waals surface area contributed by atoms with Crippen LogP contribution in [0.5, 0.6) is 0 Å². The zero-order chi connectivity index (χ0) is 17.4. The summed E-state index contributed by atoms with van der Waals surface area (Å²) < 4.78 is 0.922. The predicted octanol–water partition coefficient (Wildman–Crippen LogP) is 2.40. The molecule has 1 aromatic rings. The number of carbonyl (C=O) groups excluding carboxylic acids is 2. The number of amides is 2. The first kappa shape index (κ1) is 19.6. The third kappa shape index (κ3) is 7.14. The predicted molar refractivity (Wildman–Crippen MR) is 96.2 cm³/mol. The van der Waals surface area contributed by atoms with E-state index in [1.54, 1.807) is 24.1 Å². The smallest absolute Gasteiger partial charge is 0.251 e. The van der Waals surface area contributed by atoms with E-state index in [4.69, 9.17) is 5.73 Å². The van der Waals surface area contributed by atoms with Crippen molar-refractivity contribution in [3.63, 3.8) is 0 Å². The monoisotopic (exact) mass is 383 g/mol. The fourth-order valence-corrected chi connectivity index (χ4v) is 2.24. The van der Waals surface area contributed by atoms with Crippen molar-refractivity contribution in [1.82, 2.24) is 10.2 Å². The molecule has 0 fully saturated rings. The van der Waals surface area contributed by atoms with Gasteiger partial charge in [0.15, 0.2) is 0 Å². The highest BCUT2D eigenvalue weighted by molar-refractivity contribution is 9.10. The van der Waals surface area contributed by atoms with Crippen LogP contribution in [0, 0.1) is 5.92 Å². The maximum absolute atomic E-state index is 12.0. The van der Waals surface area contributed by atoms with Crippen molar-refractivity contribution in [2.45, 2.75) is 32.7 Å². The van der Waals surface area contributed by atoms with E-state index in [0.29, 0.717) is 24.6 Å². The first-order valence-corrected chi connectivity index (χ1v) is 8.64. The minimum absolute atomic E-state index is 0.0112. The molecule has 3 N–H and O–H groups in total. The van der Waals surface area contributed by atoms with Gasteiger partial charge in [-0.2, -0.15) is 0 Å². The molecule has 1 atom stereocenters. The molecule has 128 valence electrons. The summed E-state index contributed by atoms with van der Waals surface area (Å²) in [5.74, 6) is 0.246. The zero-order valence-corrected chi connectivity index (χ0v) is 15.6. The standard InChI is InChI=1S/C17H26BrN3O2/c1-12(2)15(19)9-11-21(3)16(22)8-10-20-17(23)13-4-6-14(18)7-5-13/h4-7,12,15H,8-11,19H2,1-3H3,(H,20,23). The van der Waals surface area contributed by atoms with Crippen LogP contribution in [0.15, 0.2) is 28.7 Å². The molecule has 0 aliphatic heterocycles. The number of benzene rings is 1. The van der Waals surface area contributed by atoms with Gasteiger partial charge in [-0.3, -0.25) is 9.59 Å². The van der Waals surface area contributed by atoms with Gasteiger partial charge in [-0.1, -0.05) is 29.8 Å². The lowest BCUT2D eigenvalue weighted by molar-refractivity contribution is -0.129. The Bertz CT molecular complexity index is 517. The normalized spacial score (nSPS) is 12.1. The lowest BCUT2D eigenvalue weighted by atomic mass is 10.0. The molecule has 0 saturated carbocycles. The molecule has 0 aliphatic rings. The molecule has 6 heteroatoms. The average molecular weight is 384 g/mol. The molecule has 0 bridgehead atoms. The number of hydrogen-bond acceptors (Lipinski definition) is 3. The molecular weight excluding hydrogens is 358 g/mol. The fourth-order valence-electron chi connectivity index (χ4n) is 1.98. The summed E-state index contributed by atoms with van der Waals surface area (Å²) in [4.78, 5) is 25.6. The van der Waals surface area contributed by atoms with E-state index in [1.165, 1.54) is 0 Å². The van der Waals surface area contributed by atoms with Gasteiger partial charge in [-0.05, 0) is 36.6 Å². The van der Waals surface area contributed by atoms with Gasteiger partial charge in [0, 0.05) is 42.6 Å². The van der Waals surface area contributed by atoms with E-state index < -0.39 is 0 Å². The van der Waals surface area contributed by atoms with Crippen molar-refractivity contribution in [2.75, 3.05) is 20.1 Å². The molecule has 0 aliphatic carbocycles. The summed E-state index contributed by atoms with van der Waals surface area (Å²) in [5.41, 5.74) is 6.56. The van der Waals surface area contributed by atoms with Crippen LogP contribution in [-0.2, 0) is 4.79 Å². The van der Waals surface area contributed by atoms with Gasteiger partial charge < -0.3 is 16.0 Å². The van der Waals surface area contributed by atoms with E-state index in [0.717, 1.165) is 10.9 Å². The lowest BCUT2D eigenvalue weighted by Gasteiger charge is -2.21. The number of carbonyl (C=O) groups is 2. The SMILES string of the molecule is CC(C)C(N)CCN(C)C(=O)CCNC(=O)c1ccc(Br)cc1. The van der Waals surface area contributed by atoms with Gasteiger partial charge in [0.25, 0.3) is 5.91 Å². The van der Waals surface area contributed by atoms with E-state index in [9.17, 15) is 9.59 Å². The third-order valence-corrected chi connectivity index (χ3v) is 4.34. The van der Waals surface area contributed by atoms with E-state index >= 15 is 0 Å². The Kier molecular flexibility index (Phi) is 8.26. The number of halogens is 1. The van der Waals surface area contributed by atoms with Crippen molar-refractivity contribution in [3.8, 4) is 0 Å². The van der Waals surface area contributed by atoms with Gasteiger partial charge in [-0.15, -0.1) is 0 Å². The average Bonchev–Trinajstić information content (AvgIpc) is 2.52. The minimum atomic E-state index is -0.171. The van der Waals surface area contributed by atoms with Crippen molar-refractivity contribution < 1.29 is 9.59 Å². The van der Waals surface area contributed by atoms with E-state index in [2.05, 4.69) is 35.1 Å². The molecule has 5 nitrogen and oxygen atoms in total. The molecule has 0 spiro atoms. The first-order chi connectivity index (χ1) is 10.8. The molecule has 1 aromatic carbocycles. The van der Waals surface area contributed by atoms with Gasteiger partial charge in [-0.25, -0.2) is 0 Å². The number of nitrogens with two attached hydrogens (primary N) is 1. The summed E-state index contributed by atoms with van der Waals surface area (Å²) in [6.07, 6.45) is 1.07. The number of rotatable bonds is 8.